The largest absolute Gasteiger partial charge is 4.00 e. The van der Waals surface area contributed by atoms with Gasteiger partial charge in [-0.15, -0.1) is 0 Å². The molecule has 0 aromatic rings. The predicted octanol–water partition coefficient (Wildman–Crippen LogP) is -2.31. The number of carbonyl (C=O) groups is 4. The standard InChI is InChI=1S/C10H16O4S.3C3H4O2.Hf/c1-9(2)7-3-4-10(9,8(11)5-7)6-15(12,13)14;3*1-2-3(4)5;/h7H,3-6H2,1-2H3,(H,12,13,14);3*2H,1H2,(H,4,5);/q;;;;+4/p-4/t7-,10-;;;;/m1..../s1. The zero-order chi connectivity index (χ0) is 24.3. The van der Waals surface area contributed by atoms with Crippen molar-refractivity contribution in [3.63, 3.8) is 0 Å². The van der Waals surface area contributed by atoms with Crippen molar-refractivity contribution in [3.05, 3.63) is 38.0 Å². The van der Waals surface area contributed by atoms with Crippen molar-refractivity contribution in [1.82, 2.24) is 0 Å². The van der Waals surface area contributed by atoms with Crippen LogP contribution in [-0.2, 0) is 55.1 Å². The van der Waals surface area contributed by atoms with Crippen LogP contribution >= 0.6 is 0 Å². The minimum absolute atomic E-state index is 0. The van der Waals surface area contributed by atoms with Gasteiger partial charge in [0.25, 0.3) is 0 Å². The molecule has 31 heavy (non-hydrogen) atoms. The predicted molar refractivity (Wildman–Crippen MR) is 98.7 cm³/mol. The van der Waals surface area contributed by atoms with Crippen molar-refractivity contribution in [2.45, 2.75) is 33.1 Å². The zero-order valence-electron chi connectivity index (χ0n) is 17.2. The van der Waals surface area contributed by atoms with Gasteiger partial charge in [-0.3, -0.25) is 4.79 Å². The van der Waals surface area contributed by atoms with Crippen LogP contribution in [0.4, 0.5) is 0 Å². The molecule has 10 nitrogen and oxygen atoms in total. The Hall–Kier alpha value is -1.92. The Bertz CT molecular complexity index is 758. The van der Waals surface area contributed by atoms with E-state index in [-0.39, 0.29) is 43.0 Å². The number of ketones is 1. The van der Waals surface area contributed by atoms with E-state index in [1.807, 2.05) is 13.8 Å². The number of aliphatic carboxylic acids is 3. The van der Waals surface area contributed by atoms with Crippen molar-refractivity contribution in [2.75, 3.05) is 5.75 Å². The summed E-state index contributed by atoms with van der Waals surface area (Å²) in [5, 5.41) is 27.4. The summed E-state index contributed by atoms with van der Waals surface area (Å²) in [5.41, 5.74) is -1.22. The molecule has 0 aromatic heterocycles. The van der Waals surface area contributed by atoms with Crippen molar-refractivity contribution in [3.8, 4) is 0 Å². The van der Waals surface area contributed by atoms with Crippen molar-refractivity contribution < 1.29 is 73.3 Å². The van der Waals surface area contributed by atoms with Gasteiger partial charge in [0.2, 0.25) is 0 Å². The van der Waals surface area contributed by atoms with E-state index in [1.165, 1.54) is 0 Å². The molecular formula is C19H24HfO10S. The summed E-state index contributed by atoms with van der Waals surface area (Å²) >= 11 is 0. The molecule has 0 aliphatic heterocycles. The summed E-state index contributed by atoms with van der Waals surface area (Å²) in [4.78, 5) is 39.3. The molecule has 0 aromatic carbocycles. The molecule has 170 valence electrons. The quantitative estimate of drug-likeness (QED) is 0.183. The van der Waals surface area contributed by atoms with Gasteiger partial charge in [-0.1, -0.05) is 33.6 Å². The van der Waals surface area contributed by atoms with Crippen LogP contribution in [0.2, 0.25) is 0 Å². The first-order valence-corrected chi connectivity index (χ1v) is 10.1. The Morgan fingerprint density at radius 2 is 1.32 bits per heavy atom. The van der Waals surface area contributed by atoms with Crippen LogP contribution in [0, 0.1) is 16.7 Å². The van der Waals surface area contributed by atoms with Crippen LogP contribution < -0.4 is 15.3 Å². The third kappa shape index (κ3) is 11.3. The van der Waals surface area contributed by atoms with E-state index >= 15 is 0 Å². The first kappa shape index (κ1) is 33.7. The molecule has 0 saturated heterocycles. The third-order valence-corrected chi connectivity index (χ3v) is 5.91. The summed E-state index contributed by atoms with van der Waals surface area (Å²) in [6, 6.07) is 0. The Morgan fingerprint density at radius 1 is 1.00 bits per heavy atom. The fourth-order valence-electron chi connectivity index (χ4n) is 3.41. The van der Waals surface area contributed by atoms with E-state index in [0.29, 0.717) is 12.8 Å². The summed E-state index contributed by atoms with van der Waals surface area (Å²) < 4.78 is 32.7. The van der Waals surface area contributed by atoms with Crippen LogP contribution in [0.5, 0.6) is 0 Å². The Morgan fingerprint density at radius 3 is 1.48 bits per heavy atom. The number of carbonyl (C=O) groups excluding carboxylic acids is 4. The number of hydrogen-bond donors (Lipinski definition) is 0. The molecule has 2 rings (SSSR count). The number of carboxylic acid groups (broad SMARTS) is 3. The van der Waals surface area contributed by atoms with E-state index in [2.05, 4.69) is 19.7 Å². The maximum absolute atomic E-state index is 11.8. The maximum atomic E-state index is 11.8. The molecule has 2 fully saturated rings. The number of fused-ring (bicyclic) bond motifs is 2. The normalized spacial score (nSPS) is 21.8. The molecule has 2 aliphatic carbocycles. The van der Waals surface area contributed by atoms with E-state index < -0.39 is 39.2 Å². The topological polar surface area (TPSA) is 195 Å². The minimum atomic E-state index is -4.33. The summed E-state index contributed by atoms with van der Waals surface area (Å²) in [6.07, 6.45) is 4.04. The molecule has 0 amide bonds. The van der Waals surface area contributed by atoms with Crippen LogP contribution in [0.25, 0.3) is 0 Å². The molecule has 0 radical (unpaired) electrons. The van der Waals surface area contributed by atoms with Gasteiger partial charge in [0.15, 0.2) is 0 Å². The smallest absolute Gasteiger partial charge is 0.748 e. The van der Waals surface area contributed by atoms with Crippen molar-refractivity contribution in [2.24, 2.45) is 16.7 Å². The first-order valence-electron chi connectivity index (χ1n) is 8.47. The molecule has 2 atom stereocenters. The van der Waals surface area contributed by atoms with E-state index in [0.717, 1.165) is 24.6 Å². The molecule has 2 bridgehead atoms. The van der Waals surface area contributed by atoms with Gasteiger partial charge in [-0.05, 0) is 42.4 Å². The molecule has 2 aliphatic rings. The fraction of sp³-hybridized carbons (Fsp3) is 0.474. The van der Waals surface area contributed by atoms with E-state index in [1.54, 1.807) is 0 Å². The fourth-order valence-corrected chi connectivity index (χ4v) is 4.69. The minimum Gasteiger partial charge on any atom is -0.748 e. The second kappa shape index (κ2) is 14.2. The molecule has 0 N–H and O–H groups in total. The monoisotopic (exact) mass is 624 g/mol. The number of hydrogen-bond acceptors (Lipinski definition) is 10. The van der Waals surface area contributed by atoms with E-state index in [4.69, 9.17) is 29.7 Å². The van der Waals surface area contributed by atoms with Gasteiger partial charge < -0.3 is 34.3 Å². The summed E-state index contributed by atoms with van der Waals surface area (Å²) in [7, 11) is -4.33. The Kier molecular flexibility index (Phi) is 15.4. The SMILES string of the molecule is C=CC(=O)[O-].C=CC(=O)[O-].C=CC(=O)[O-].CC1(C)[C@@H]2CC[C@@]1(CS(=O)(=O)[O-])C(=O)C2.[Hf+4]. The second-order valence-corrected chi connectivity index (χ2v) is 8.34. The van der Waals surface area contributed by atoms with Gasteiger partial charge in [0.1, 0.15) is 5.78 Å². The van der Waals surface area contributed by atoms with Crippen molar-refractivity contribution >= 4 is 33.8 Å². The zero-order valence-corrected chi connectivity index (χ0v) is 21.7. The number of carboxylic acids is 3. The van der Waals surface area contributed by atoms with Gasteiger partial charge in [0.05, 0.1) is 33.8 Å². The third-order valence-electron chi connectivity index (χ3n) is 5.06. The first-order chi connectivity index (χ1) is 13.5. The molecular weight excluding hydrogens is 599 g/mol. The molecule has 12 heteroatoms. The van der Waals surface area contributed by atoms with Crippen molar-refractivity contribution in [1.29, 1.82) is 0 Å². The molecule has 0 unspecified atom stereocenters. The maximum Gasteiger partial charge on any atom is 4.00 e. The van der Waals surface area contributed by atoms with Crippen LogP contribution in [-0.4, -0.2) is 42.4 Å². The molecule has 2 saturated carbocycles. The Balaban J connectivity index is -0.000000409. The van der Waals surface area contributed by atoms with Crippen LogP contribution in [0.1, 0.15) is 33.1 Å². The average molecular weight is 623 g/mol. The molecule has 0 spiro atoms. The van der Waals surface area contributed by atoms with Gasteiger partial charge in [0, 0.05) is 11.8 Å². The van der Waals surface area contributed by atoms with Gasteiger partial charge >= 0.3 is 25.8 Å². The molecule has 0 heterocycles. The summed E-state index contributed by atoms with van der Waals surface area (Å²) in [5.74, 6) is -3.97. The van der Waals surface area contributed by atoms with Gasteiger partial charge in [-0.2, -0.15) is 0 Å². The number of Topliss-reactive ketones (excluding diaryl/α,β-unsaturated/α-hetero) is 1. The number of rotatable bonds is 5. The van der Waals surface area contributed by atoms with Crippen LogP contribution in [0.3, 0.4) is 0 Å². The summed E-state index contributed by atoms with van der Waals surface area (Å²) in [6.45, 7) is 12.5. The average Bonchev–Trinajstić information content (AvgIpc) is 2.95. The van der Waals surface area contributed by atoms with Gasteiger partial charge in [-0.25, -0.2) is 8.42 Å². The second-order valence-electron chi connectivity index (χ2n) is 6.94. The van der Waals surface area contributed by atoms with E-state index in [9.17, 15) is 17.8 Å². The van der Waals surface area contributed by atoms with Crippen LogP contribution in [0.15, 0.2) is 38.0 Å². The Labute approximate surface area is 200 Å².